The summed E-state index contributed by atoms with van der Waals surface area (Å²) in [6.07, 6.45) is 0.669. The van der Waals surface area contributed by atoms with Gasteiger partial charge in [-0.3, -0.25) is 9.69 Å². The monoisotopic (exact) mass is 458 g/mol. The van der Waals surface area contributed by atoms with E-state index in [1.807, 2.05) is 30.3 Å². The molecule has 2 fully saturated rings. The number of ether oxygens (including phenoxy) is 2. The second-order valence-corrected chi connectivity index (χ2v) is 9.74. The zero-order valence-corrected chi connectivity index (χ0v) is 19.1. The highest BCUT2D eigenvalue weighted by atomic mass is 16.6. The van der Waals surface area contributed by atoms with Crippen LogP contribution in [0, 0.1) is 5.92 Å². The van der Waals surface area contributed by atoms with Crippen molar-refractivity contribution in [2.45, 2.75) is 70.4 Å². The van der Waals surface area contributed by atoms with Gasteiger partial charge in [-0.05, 0) is 45.6 Å². The molecule has 2 bridgehead atoms. The van der Waals surface area contributed by atoms with Crippen LogP contribution in [0.5, 0.6) is 0 Å². The largest absolute Gasteiger partial charge is 0.508 e. The Labute approximate surface area is 192 Å². The third-order valence-corrected chi connectivity index (χ3v) is 6.30. The number of hydrogen-bond acceptors (Lipinski definition) is 7. The number of esters is 1. The van der Waals surface area contributed by atoms with Crippen molar-refractivity contribution in [3.05, 3.63) is 47.4 Å². The smallest absolute Gasteiger partial charge is 0.410 e. The molecule has 33 heavy (non-hydrogen) atoms. The van der Waals surface area contributed by atoms with Gasteiger partial charge in [0.25, 0.3) is 0 Å². The van der Waals surface area contributed by atoms with Gasteiger partial charge >= 0.3 is 12.1 Å². The van der Waals surface area contributed by atoms with Crippen molar-refractivity contribution in [1.29, 1.82) is 0 Å². The summed E-state index contributed by atoms with van der Waals surface area (Å²) in [5.41, 5.74) is 0.0515. The molecular formula is C24H30N2O7. The lowest BCUT2D eigenvalue weighted by Crippen LogP contribution is -2.57. The average Bonchev–Trinajstić information content (AvgIpc) is 3.46. The Hall–Kier alpha value is -3.23. The van der Waals surface area contributed by atoms with E-state index < -0.39 is 47.6 Å². The van der Waals surface area contributed by atoms with Crippen molar-refractivity contribution in [3.63, 3.8) is 0 Å². The normalized spacial score (nSPS) is 26.6. The van der Waals surface area contributed by atoms with Gasteiger partial charge in [0.05, 0.1) is 12.0 Å². The Bertz CT molecular complexity index is 969. The molecule has 9 heteroatoms. The van der Waals surface area contributed by atoms with Crippen molar-refractivity contribution in [2.24, 2.45) is 5.92 Å². The van der Waals surface area contributed by atoms with Gasteiger partial charge in [-0.2, -0.15) is 0 Å². The lowest BCUT2D eigenvalue weighted by atomic mass is 9.99. The molecule has 1 aromatic carbocycles. The molecule has 0 radical (unpaired) electrons. The number of nitrogens with zero attached hydrogens (tertiary/aromatic N) is 2. The molecule has 2 saturated heterocycles. The average molecular weight is 459 g/mol. The minimum Gasteiger partial charge on any atom is -0.508 e. The molecule has 0 spiro atoms. The molecule has 178 valence electrons. The van der Waals surface area contributed by atoms with Crippen LogP contribution in [-0.2, 0) is 25.7 Å². The molecule has 2 N–H and O–H groups in total. The Morgan fingerprint density at radius 3 is 2.45 bits per heavy atom. The molecule has 4 atom stereocenters. The number of aliphatic hydroxyl groups excluding tert-OH is 2. The first kappa shape index (κ1) is 22.9. The summed E-state index contributed by atoms with van der Waals surface area (Å²) in [5.74, 6) is -2.39. The van der Waals surface area contributed by atoms with Gasteiger partial charge in [-0.25, -0.2) is 9.59 Å². The van der Waals surface area contributed by atoms with E-state index in [0.717, 1.165) is 5.56 Å². The van der Waals surface area contributed by atoms with Crippen molar-refractivity contribution in [1.82, 2.24) is 9.80 Å². The number of carbonyl (C=O) groups is 3. The van der Waals surface area contributed by atoms with E-state index in [0.29, 0.717) is 19.4 Å². The topological polar surface area (TPSA) is 117 Å². The van der Waals surface area contributed by atoms with Gasteiger partial charge in [-0.15, -0.1) is 0 Å². The maximum Gasteiger partial charge on any atom is 0.410 e. The second kappa shape index (κ2) is 8.61. The van der Waals surface area contributed by atoms with E-state index in [4.69, 9.17) is 9.47 Å². The van der Waals surface area contributed by atoms with E-state index >= 15 is 0 Å². The number of aliphatic hydroxyl groups is 2. The molecule has 0 unspecified atom stereocenters. The third kappa shape index (κ3) is 4.36. The predicted molar refractivity (Wildman–Crippen MR) is 117 cm³/mol. The second-order valence-electron chi connectivity index (χ2n) is 9.74. The van der Waals surface area contributed by atoms with E-state index in [2.05, 4.69) is 0 Å². The van der Waals surface area contributed by atoms with Crippen LogP contribution in [0.3, 0.4) is 0 Å². The maximum atomic E-state index is 13.6. The van der Waals surface area contributed by atoms with E-state index in [-0.39, 0.29) is 24.5 Å². The van der Waals surface area contributed by atoms with Crippen molar-refractivity contribution < 1.29 is 34.1 Å². The van der Waals surface area contributed by atoms with Gasteiger partial charge in [0, 0.05) is 6.54 Å². The summed E-state index contributed by atoms with van der Waals surface area (Å²) in [6, 6.07) is 6.56. The lowest BCUT2D eigenvalue weighted by Gasteiger charge is -2.37. The molecule has 2 heterocycles. The molecule has 2 amide bonds. The van der Waals surface area contributed by atoms with E-state index in [1.165, 1.54) is 9.80 Å². The van der Waals surface area contributed by atoms with E-state index in [1.54, 1.807) is 20.8 Å². The first-order chi connectivity index (χ1) is 15.6. The summed E-state index contributed by atoms with van der Waals surface area (Å²) < 4.78 is 10.9. The quantitative estimate of drug-likeness (QED) is 0.666. The number of amides is 2. The zero-order valence-electron chi connectivity index (χ0n) is 19.1. The van der Waals surface area contributed by atoms with Gasteiger partial charge in [0.1, 0.15) is 30.1 Å². The number of likely N-dealkylation sites (tertiary alicyclic amines) is 2. The molecule has 2 aliphatic heterocycles. The van der Waals surface area contributed by atoms with Crippen LogP contribution >= 0.6 is 0 Å². The highest BCUT2D eigenvalue weighted by molar-refractivity contribution is 5.92. The van der Waals surface area contributed by atoms with Gasteiger partial charge in [0.15, 0.2) is 5.76 Å². The SMILES string of the molecule is CC(C)(C)OC(=O)[C@@H]1[C@@H]2C[C@@H](C(O)=C2O)N1C(=O)[C@@H]1CCCN1C(=O)OCc1ccccc1. The van der Waals surface area contributed by atoms with Crippen LogP contribution in [0.4, 0.5) is 4.79 Å². The van der Waals surface area contributed by atoms with Crippen molar-refractivity contribution in [3.8, 4) is 0 Å². The molecule has 4 rings (SSSR count). The molecular weight excluding hydrogens is 428 g/mol. The fraction of sp³-hybridized carbons (Fsp3) is 0.542. The van der Waals surface area contributed by atoms with Crippen molar-refractivity contribution in [2.75, 3.05) is 6.54 Å². The standard InChI is InChI=1S/C24H30N2O7/c1-24(2,3)33-22(30)18-15-12-17(20(28)19(15)27)26(18)21(29)16-10-7-11-25(16)23(31)32-13-14-8-5-4-6-9-14/h4-6,8-9,15-18,27-28H,7,10-13H2,1-3H3/t15-,16-,17-,18-/m0/s1. The summed E-state index contributed by atoms with van der Waals surface area (Å²) in [4.78, 5) is 42.0. The summed E-state index contributed by atoms with van der Waals surface area (Å²) in [7, 11) is 0. The van der Waals surface area contributed by atoms with Crippen LogP contribution < -0.4 is 0 Å². The summed E-state index contributed by atoms with van der Waals surface area (Å²) in [6.45, 7) is 5.61. The Balaban J connectivity index is 1.52. The van der Waals surface area contributed by atoms with Crippen LogP contribution in [0.15, 0.2) is 41.9 Å². The molecule has 0 aromatic heterocycles. The van der Waals surface area contributed by atoms with Crippen molar-refractivity contribution >= 4 is 18.0 Å². The highest BCUT2D eigenvalue weighted by Crippen LogP contribution is 2.46. The molecule has 1 aromatic rings. The number of fused-ring (bicyclic) bond motifs is 2. The first-order valence-electron chi connectivity index (χ1n) is 11.2. The third-order valence-electron chi connectivity index (χ3n) is 6.30. The Morgan fingerprint density at radius 2 is 1.79 bits per heavy atom. The van der Waals surface area contributed by atoms with Crippen LogP contribution in [0.2, 0.25) is 0 Å². The highest BCUT2D eigenvalue weighted by Gasteiger charge is 2.59. The predicted octanol–water partition coefficient (Wildman–Crippen LogP) is 3.06. The summed E-state index contributed by atoms with van der Waals surface area (Å²) >= 11 is 0. The van der Waals surface area contributed by atoms with E-state index in [9.17, 15) is 24.6 Å². The van der Waals surface area contributed by atoms with Gasteiger partial charge in [0.2, 0.25) is 5.91 Å². The lowest BCUT2D eigenvalue weighted by molar-refractivity contribution is -0.167. The fourth-order valence-electron chi connectivity index (χ4n) is 4.88. The Kier molecular flexibility index (Phi) is 5.99. The van der Waals surface area contributed by atoms with Crippen LogP contribution in [-0.4, -0.2) is 68.3 Å². The number of carbonyl (C=O) groups excluding carboxylic acids is 3. The molecule has 1 aliphatic carbocycles. The number of hydrogen-bond donors (Lipinski definition) is 2. The number of benzene rings is 1. The van der Waals surface area contributed by atoms with Crippen LogP contribution in [0.1, 0.15) is 45.6 Å². The molecule has 9 nitrogen and oxygen atoms in total. The maximum absolute atomic E-state index is 13.6. The van der Waals surface area contributed by atoms with Gasteiger partial charge in [-0.1, -0.05) is 30.3 Å². The zero-order chi connectivity index (χ0) is 23.9. The minimum absolute atomic E-state index is 0.0867. The number of rotatable bonds is 4. The van der Waals surface area contributed by atoms with Crippen LogP contribution in [0.25, 0.3) is 0 Å². The first-order valence-corrected chi connectivity index (χ1v) is 11.2. The summed E-state index contributed by atoms with van der Waals surface area (Å²) in [5, 5.41) is 20.6. The van der Waals surface area contributed by atoms with Gasteiger partial charge < -0.3 is 24.6 Å². The Morgan fingerprint density at radius 1 is 1.09 bits per heavy atom. The fourth-order valence-corrected chi connectivity index (χ4v) is 4.88. The minimum atomic E-state index is -1.06. The molecule has 0 saturated carbocycles. The molecule has 3 aliphatic rings.